The van der Waals surface area contributed by atoms with Crippen LogP contribution in [0.4, 0.5) is 0 Å². The lowest BCUT2D eigenvalue weighted by atomic mass is 9.75. The Balaban J connectivity index is 2.79. The quantitative estimate of drug-likeness (QED) is 0.723. The molecule has 1 heterocycles. The van der Waals surface area contributed by atoms with E-state index in [4.69, 9.17) is 9.47 Å². The minimum atomic E-state index is -0.755. The van der Waals surface area contributed by atoms with E-state index in [0.717, 1.165) is 25.7 Å². The molecule has 0 aliphatic carbocycles. The van der Waals surface area contributed by atoms with Crippen molar-refractivity contribution in [1.82, 2.24) is 0 Å². The van der Waals surface area contributed by atoms with E-state index in [-0.39, 0.29) is 11.9 Å². The molecular formula is C17H30O4. The second kappa shape index (κ2) is 6.80. The Morgan fingerprint density at radius 2 is 2.10 bits per heavy atom. The second-order valence-corrected chi connectivity index (χ2v) is 7.29. The standard InChI is InChI=1S/C17H30O4/c1-7-10-17(6,12(2)3)15(19)20-13-9-8-11-16(4,5)21-14(13)18/h12-13H,7-11H2,1-6H3. The van der Waals surface area contributed by atoms with Crippen molar-refractivity contribution in [2.24, 2.45) is 11.3 Å². The molecule has 0 radical (unpaired) electrons. The highest BCUT2D eigenvalue weighted by molar-refractivity contribution is 5.82. The zero-order valence-electron chi connectivity index (χ0n) is 14.3. The smallest absolute Gasteiger partial charge is 0.347 e. The third kappa shape index (κ3) is 4.45. The van der Waals surface area contributed by atoms with Crippen LogP contribution in [-0.2, 0) is 19.1 Å². The number of esters is 2. The lowest BCUT2D eigenvalue weighted by molar-refractivity contribution is -0.181. The highest BCUT2D eigenvalue weighted by atomic mass is 16.6. The van der Waals surface area contributed by atoms with Gasteiger partial charge in [-0.05, 0) is 52.4 Å². The Hall–Kier alpha value is -1.06. The van der Waals surface area contributed by atoms with E-state index in [9.17, 15) is 9.59 Å². The van der Waals surface area contributed by atoms with Crippen LogP contribution in [-0.4, -0.2) is 23.6 Å². The third-order valence-corrected chi connectivity index (χ3v) is 4.64. The van der Waals surface area contributed by atoms with E-state index >= 15 is 0 Å². The topological polar surface area (TPSA) is 52.6 Å². The minimum absolute atomic E-state index is 0.170. The molecule has 0 bridgehead atoms. The molecule has 4 heteroatoms. The average molecular weight is 298 g/mol. The fraction of sp³-hybridized carbons (Fsp3) is 0.882. The highest BCUT2D eigenvalue weighted by Gasteiger charge is 2.41. The van der Waals surface area contributed by atoms with Gasteiger partial charge in [0.2, 0.25) is 0 Å². The minimum Gasteiger partial charge on any atom is -0.457 e. The fourth-order valence-corrected chi connectivity index (χ4v) is 2.74. The van der Waals surface area contributed by atoms with Crippen LogP contribution in [0.15, 0.2) is 0 Å². The number of carbonyl (C=O) groups excluding carboxylic acids is 2. The molecular weight excluding hydrogens is 268 g/mol. The molecule has 0 aromatic carbocycles. The summed E-state index contributed by atoms with van der Waals surface area (Å²) < 4.78 is 11.0. The van der Waals surface area contributed by atoms with Crippen LogP contribution in [0.5, 0.6) is 0 Å². The molecule has 122 valence electrons. The van der Waals surface area contributed by atoms with E-state index in [1.165, 1.54) is 0 Å². The summed E-state index contributed by atoms with van der Waals surface area (Å²) >= 11 is 0. The molecule has 4 nitrogen and oxygen atoms in total. The molecule has 0 aromatic heterocycles. The summed E-state index contributed by atoms with van der Waals surface area (Å²) in [7, 11) is 0. The molecule has 0 amide bonds. The maximum atomic E-state index is 12.6. The third-order valence-electron chi connectivity index (χ3n) is 4.64. The molecule has 21 heavy (non-hydrogen) atoms. The van der Waals surface area contributed by atoms with Gasteiger partial charge in [-0.2, -0.15) is 0 Å². The van der Waals surface area contributed by atoms with Crippen LogP contribution in [0.1, 0.15) is 73.6 Å². The van der Waals surface area contributed by atoms with Crippen LogP contribution >= 0.6 is 0 Å². The van der Waals surface area contributed by atoms with Crippen LogP contribution in [0.2, 0.25) is 0 Å². The molecule has 1 aliphatic rings. The molecule has 1 aliphatic heterocycles. The number of hydrogen-bond donors (Lipinski definition) is 0. The molecule has 1 rings (SSSR count). The van der Waals surface area contributed by atoms with Gasteiger partial charge in [0.1, 0.15) is 5.60 Å². The van der Waals surface area contributed by atoms with Crippen molar-refractivity contribution in [3.63, 3.8) is 0 Å². The highest BCUT2D eigenvalue weighted by Crippen LogP contribution is 2.35. The van der Waals surface area contributed by atoms with Crippen molar-refractivity contribution >= 4 is 11.9 Å². The normalized spacial score (nSPS) is 24.9. The Morgan fingerprint density at radius 3 is 2.62 bits per heavy atom. The lowest BCUT2D eigenvalue weighted by Gasteiger charge is -2.32. The van der Waals surface area contributed by atoms with Crippen molar-refractivity contribution < 1.29 is 19.1 Å². The lowest BCUT2D eigenvalue weighted by Crippen LogP contribution is -2.40. The van der Waals surface area contributed by atoms with Gasteiger partial charge in [-0.15, -0.1) is 0 Å². The maximum Gasteiger partial charge on any atom is 0.347 e. The van der Waals surface area contributed by atoms with Crippen molar-refractivity contribution in [1.29, 1.82) is 0 Å². The van der Waals surface area contributed by atoms with Gasteiger partial charge in [0.15, 0.2) is 6.10 Å². The summed E-state index contributed by atoms with van der Waals surface area (Å²) in [6.07, 6.45) is 3.08. The molecule has 1 fully saturated rings. The van der Waals surface area contributed by atoms with Crippen molar-refractivity contribution in [2.45, 2.75) is 85.4 Å². The summed E-state index contributed by atoms with van der Waals surface area (Å²) in [5, 5.41) is 0. The Bertz CT molecular complexity index is 386. The first-order valence-electron chi connectivity index (χ1n) is 8.06. The first kappa shape index (κ1) is 18.0. The Kier molecular flexibility index (Phi) is 5.83. The number of hydrogen-bond acceptors (Lipinski definition) is 4. The van der Waals surface area contributed by atoms with Gasteiger partial charge in [-0.3, -0.25) is 4.79 Å². The number of ether oxygens (including phenoxy) is 2. The van der Waals surface area contributed by atoms with Gasteiger partial charge >= 0.3 is 11.9 Å². The van der Waals surface area contributed by atoms with Crippen molar-refractivity contribution in [3.05, 3.63) is 0 Å². The van der Waals surface area contributed by atoms with E-state index in [0.29, 0.717) is 6.42 Å². The predicted molar refractivity (Wildman–Crippen MR) is 81.8 cm³/mol. The summed E-state index contributed by atoms with van der Waals surface area (Å²) in [6, 6.07) is 0. The van der Waals surface area contributed by atoms with Gasteiger partial charge in [0.25, 0.3) is 0 Å². The Morgan fingerprint density at radius 1 is 1.48 bits per heavy atom. The largest absolute Gasteiger partial charge is 0.457 e. The first-order chi connectivity index (χ1) is 9.62. The number of rotatable bonds is 5. The van der Waals surface area contributed by atoms with E-state index < -0.39 is 23.1 Å². The van der Waals surface area contributed by atoms with Crippen LogP contribution in [0.25, 0.3) is 0 Å². The summed E-state index contributed by atoms with van der Waals surface area (Å²) in [5.74, 6) is -0.516. The second-order valence-electron chi connectivity index (χ2n) is 7.29. The summed E-state index contributed by atoms with van der Waals surface area (Å²) in [6.45, 7) is 11.8. The van der Waals surface area contributed by atoms with Gasteiger partial charge in [0, 0.05) is 0 Å². The van der Waals surface area contributed by atoms with E-state index in [1.54, 1.807) is 0 Å². The number of cyclic esters (lactones) is 1. The monoisotopic (exact) mass is 298 g/mol. The molecule has 0 N–H and O–H groups in total. The first-order valence-corrected chi connectivity index (χ1v) is 8.06. The zero-order chi connectivity index (χ0) is 16.3. The van der Waals surface area contributed by atoms with Crippen molar-refractivity contribution in [3.8, 4) is 0 Å². The van der Waals surface area contributed by atoms with Gasteiger partial charge in [0.05, 0.1) is 5.41 Å². The van der Waals surface area contributed by atoms with Gasteiger partial charge < -0.3 is 9.47 Å². The van der Waals surface area contributed by atoms with Crippen LogP contribution < -0.4 is 0 Å². The molecule has 0 aromatic rings. The summed E-state index contributed by atoms with van der Waals surface area (Å²) in [5.41, 5.74) is -1.01. The fourth-order valence-electron chi connectivity index (χ4n) is 2.74. The van der Waals surface area contributed by atoms with E-state index in [1.807, 2.05) is 34.6 Å². The molecule has 0 saturated carbocycles. The Labute approximate surface area is 128 Å². The maximum absolute atomic E-state index is 12.6. The number of carbonyl (C=O) groups is 2. The van der Waals surface area contributed by atoms with Crippen LogP contribution in [0.3, 0.4) is 0 Å². The molecule has 0 spiro atoms. The molecule has 2 unspecified atom stereocenters. The van der Waals surface area contributed by atoms with E-state index in [2.05, 4.69) is 6.92 Å². The van der Waals surface area contributed by atoms with Gasteiger partial charge in [-0.1, -0.05) is 27.2 Å². The molecule has 1 saturated heterocycles. The SMILES string of the molecule is CCCC(C)(C(=O)OC1CCCC(C)(C)OC1=O)C(C)C. The van der Waals surface area contributed by atoms with Gasteiger partial charge in [-0.25, -0.2) is 4.79 Å². The average Bonchev–Trinajstić information content (AvgIpc) is 2.47. The van der Waals surface area contributed by atoms with Crippen LogP contribution in [0, 0.1) is 11.3 Å². The predicted octanol–water partition coefficient (Wildman–Crippen LogP) is 3.87. The molecule has 2 atom stereocenters. The van der Waals surface area contributed by atoms with Crippen molar-refractivity contribution in [2.75, 3.05) is 0 Å². The summed E-state index contributed by atoms with van der Waals surface area (Å²) in [4.78, 5) is 24.7. The zero-order valence-corrected chi connectivity index (χ0v) is 14.3.